The van der Waals surface area contributed by atoms with Crippen LogP contribution in [0.3, 0.4) is 0 Å². The predicted octanol–water partition coefficient (Wildman–Crippen LogP) is 3.34. The second kappa shape index (κ2) is 4.49. The average molecular weight is 253 g/mol. The molecule has 2 nitrogen and oxygen atoms in total. The largest absolute Gasteiger partial charge is 0.389 e. The van der Waals surface area contributed by atoms with Crippen LogP contribution in [0, 0.1) is 16.7 Å². The van der Waals surface area contributed by atoms with Gasteiger partial charge >= 0.3 is 0 Å². The highest BCUT2D eigenvalue weighted by atomic mass is 16.3. The van der Waals surface area contributed by atoms with Crippen LogP contribution in [0.4, 0.5) is 0 Å². The second-order valence-corrected chi connectivity index (χ2v) is 7.66. The summed E-state index contributed by atoms with van der Waals surface area (Å²) in [6, 6.07) is 0.563. The van der Waals surface area contributed by atoms with E-state index in [0.29, 0.717) is 16.9 Å². The van der Waals surface area contributed by atoms with E-state index in [9.17, 15) is 5.11 Å². The van der Waals surface area contributed by atoms with E-state index in [1.807, 2.05) is 0 Å². The van der Waals surface area contributed by atoms with Crippen molar-refractivity contribution in [2.75, 3.05) is 6.54 Å². The number of nitrogens with one attached hydrogen (secondary N) is 1. The summed E-state index contributed by atoms with van der Waals surface area (Å²) in [5.74, 6) is 0.872. The number of aliphatic hydroxyl groups is 1. The molecule has 0 amide bonds. The molecule has 0 radical (unpaired) electrons. The van der Waals surface area contributed by atoms with Crippen molar-refractivity contribution in [3.8, 4) is 0 Å². The van der Waals surface area contributed by atoms with Crippen LogP contribution in [-0.4, -0.2) is 23.3 Å². The molecule has 2 fully saturated rings. The molecule has 2 saturated carbocycles. The van der Waals surface area contributed by atoms with E-state index >= 15 is 0 Å². The normalized spacial score (nSPS) is 38.3. The Bertz CT molecular complexity index is 303. The summed E-state index contributed by atoms with van der Waals surface area (Å²) >= 11 is 0. The minimum atomic E-state index is -0.520. The van der Waals surface area contributed by atoms with Crippen LogP contribution in [0.2, 0.25) is 0 Å². The lowest BCUT2D eigenvalue weighted by molar-refractivity contribution is 0.0134. The first kappa shape index (κ1) is 14.3. The molecule has 2 bridgehead atoms. The second-order valence-electron chi connectivity index (χ2n) is 7.66. The zero-order valence-electron chi connectivity index (χ0n) is 12.8. The lowest BCUT2D eigenvalue weighted by Gasteiger charge is -2.44. The molecule has 2 rings (SSSR count). The number of hydrogen-bond donors (Lipinski definition) is 2. The summed E-state index contributed by atoms with van der Waals surface area (Å²) in [6.07, 6.45) is 5.80. The Morgan fingerprint density at radius 3 is 2.28 bits per heavy atom. The SMILES string of the molecule is CCC(O)(CC)CNC1C2(C)CCC(C2)C1(C)C. The fourth-order valence-electron chi connectivity index (χ4n) is 4.60. The van der Waals surface area contributed by atoms with Gasteiger partial charge in [-0.25, -0.2) is 0 Å². The van der Waals surface area contributed by atoms with Crippen LogP contribution in [-0.2, 0) is 0 Å². The summed E-state index contributed by atoms with van der Waals surface area (Å²) in [4.78, 5) is 0. The molecule has 106 valence electrons. The Kier molecular flexibility index (Phi) is 3.57. The Hall–Kier alpha value is -0.0800. The van der Waals surface area contributed by atoms with Crippen LogP contribution < -0.4 is 5.32 Å². The summed E-state index contributed by atoms with van der Waals surface area (Å²) in [5.41, 5.74) is 0.320. The minimum absolute atomic E-state index is 0.384. The number of hydrogen-bond acceptors (Lipinski definition) is 2. The number of rotatable bonds is 5. The number of fused-ring (bicyclic) bond motifs is 2. The van der Waals surface area contributed by atoms with Gasteiger partial charge in [-0.05, 0) is 48.9 Å². The topological polar surface area (TPSA) is 32.3 Å². The summed E-state index contributed by atoms with van der Waals surface area (Å²) in [6.45, 7) is 12.2. The molecule has 2 heteroatoms. The molecule has 0 heterocycles. The Balaban J connectivity index is 2.05. The maximum Gasteiger partial charge on any atom is 0.0766 e. The van der Waals surface area contributed by atoms with E-state index in [2.05, 4.69) is 39.9 Å². The van der Waals surface area contributed by atoms with E-state index in [1.165, 1.54) is 19.3 Å². The highest BCUT2D eigenvalue weighted by Crippen LogP contribution is 2.62. The summed E-state index contributed by atoms with van der Waals surface area (Å²) in [7, 11) is 0. The maximum atomic E-state index is 10.5. The Morgan fingerprint density at radius 2 is 1.83 bits per heavy atom. The van der Waals surface area contributed by atoms with Crippen molar-refractivity contribution in [3.63, 3.8) is 0 Å². The minimum Gasteiger partial charge on any atom is -0.389 e. The van der Waals surface area contributed by atoms with Gasteiger partial charge in [0.1, 0.15) is 0 Å². The van der Waals surface area contributed by atoms with E-state index < -0.39 is 5.60 Å². The van der Waals surface area contributed by atoms with Gasteiger partial charge < -0.3 is 10.4 Å². The molecule has 2 aliphatic rings. The summed E-state index contributed by atoms with van der Waals surface area (Å²) in [5, 5.41) is 14.2. The maximum absolute atomic E-state index is 10.5. The molecule has 0 aliphatic heterocycles. The van der Waals surface area contributed by atoms with Gasteiger partial charge in [-0.3, -0.25) is 0 Å². The van der Waals surface area contributed by atoms with E-state index in [0.717, 1.165) is 25.3 Å². The fourth-order valence-corrected chi connectivity index (χ4v) is 4.60. The molecule has 0 aromatic rings. The molecule has 0 aromatic heterocycles. The van der Waals surface area contributed by atoms with Crippen LogP contribution in [0.25, 0.3) is 0 Å². The molecular weight excluding hydrogens is 222 g/mol. The molecule has 0 aromatic carbocycles. The van der Waals surface area contributed by atoms with Crippen molar-refractivity contribution >= 4 is 0 Å². The molecule has 2 N–H and O–H groups in total. The van der Waals surface area contributed by atoms with Crippen molar-refractivity contribution in [2.24, 2.45) is 16.7 Å². The highest BCUT2D eigenvalue weighted by molar-refractivity contribution is 5.12. The van der Waals surface area contributed by atoms with Gasteiger partial charge in [0.15, 0.2) is 0 Å². The first-order valence-electron chi connectivity index (χ1n) is 7.73. The molecule has 18 heavy (non-hydrogen) atoms. The van der Waals surface area contributed by atoms with Crippen LogP contribution in [0.5, 0.6) is 0 Å². The first-order chi connectivity index (χ1) is 8.27. The third kappa shape index (κ3) is 2.12. The van der Waals surface area contributed by atoms with Crippen molar-refractivity contribution in [2.45, 2.75) is 78.4 Å². The summed E-state index contributed by atoms with van der Waals surface area (Å²) < 4.78 is 0. The predicted molar refractivity (Wildman–Crippen MR) is 76.6 cm³/mol. The highest BCUT2D eigenvalue weighted by Gasteiger charge is 2.59. The lowest BCUT2D eigenvalue weighted by Crippen LogP contribution is -2.54. The van der Waals surface area contributed by atoms with Gasteiger partial charge in [0.25, 0.3) is 0 Å². The van der Waals surface area contributed by atoms with Gasteiger partial charge in [-0.1, -0.05) is 34.6 Å². The van der Waals surface area contributed by atoms with Crippen molar-refractivity contribution in [1.29, 1.82) is 0 Å². The standard InChI is InChI=1S/C16H31NO/c1-6-16(18,7-2)11-17-13-14(3,4)12-8-9-15(13,5)10-12/h12-13,17-18H,6-11H2,1-5H3. The average Bonchev–Trinajstić information content (AvgIpc) is 2.79. The van der Waals surface area contributed by atoms with Crippen molar-refractivity contribution in [1.82, 2.24) is 5.32 Å². The molecular formula is C16H31NO. The lowest BCUT2D eigenvalue weighted by atomic mass is 9.68. The van der Waals surface area contributed by atoms with E-state index in [1.54, 1.807) is 0 Å². The van der Waals surface area contributed by atoms with Gasteiger partial charge in [0.2, 0.25) is 0 Å². The zero-order valence-corrected chi connectivity index (χ0v) is 12.8. The zero-order chi connectivity index (χ0) is 13.6. The van der Waals surface area contributed by atoms with Gasteiger partial charge in [0, 0.05) is 12.6 Å². The first-order valence-corrected chi connectivity index (χ1v) is 7.73. The molecule has 0 saturated heterocycles. The van der Waals surface area contributed by atoms with Crippen LogP contribution in [0.1, 0.15) is 66.7 Å². The smallest absolute Gasteiger partial charge is 0.0766 e. The van der Waals surface area contributed by atoms with E-state index in [-0.39, 0.29) is 0 Å². The van der Waals surface area contributed by atoms with Gasteiger partial charge in [-0.15, -0.1) is 0 Å². The monoisotopic (exact) mass is 253 g/mol. The fraction of sp³-hybridized carbons (Fsp3) is 1.00. The molecule has 3 atom stereocenters. The Morgan fingerprint density at radius 1 is 1.22 bits per heavy atom. The van der Waals surface area contributed by atoms with E-state index in [4.69, 9.17) is 0 Å². The van der Waals surface area contributed by atoms with Crippen molar-refractivity contribution in [3.05, 3.63) is 0 Å². The third-order valence-electron chi connectivity index (χ3n) is 6.22. The quantitative estimate of drug-likeness (QED) is 0.787. The van der Waals surface area contributed by atoms with Gasteiger partial charge in [0.05, 0.1) is 5.60 Å². The third-order valence-corrected chi connectivity index (χ3v) is 6.22. The molecule has 2 aliphatic carbocycles. The Labute approximate surface area is 113 Å². The van der Waals surface area contributed by atoms with Crippen LogP contribution >= 0.6 is 0 Å². The van der Waals surface area contributed by atoms with Crippen molar-refractivity contribution < 1.29 is 5.11 Å². The molecule has 3 unspecified atom stereocenters. The van der Waals surface area contributed by atoms with Gasteiger partial charge in [-0.2, -0.15) is 0 Å². The molecule has 0 spiro atoms. The van der Waals surface area contributed by atoms with Crippen LogP contribution in [0.15, 0.2) is 0 Å².